The maximum Gasteiger partial charge on any atom is 0.228 e. The molecule has 14 heavy (non-hydrogen) atoms. The molecule has 0 spiro atoms. The summed E-state index contributed by atoms with van der Waals surface area (Å²) in [5, 5.41) is 3.01. The number of amides is 1. The molecule has 1 saturated heterocycles. The van der Waals surface area contributed by atoms with E-state index < -0.39 is 0 Å². The van der Waals surface area contributed by atoms with Crippen LogP contribution in [0.1, 0.15) is 23.5 Å². The van der Waals surface area contributed by atoms with Gasteiger partial charge in [-0.05, 0) is 19.8 Å². The first-order chi connectivity index (χ1) is 6.75. The molecule has 0 saturated carbocycles. The molecule has 0 bridgehead atoms. The summed E-state index contributed by atoms with van der Waals surface area (Å²) in [6, 6.07) is 0. The molecule has 0 radical (unpaired) electrons. The van der Waals surface area contributed by atoms with E-state index in [0.717, 1.165) is 36.6 Å². The number of aromatic nitrogens is 1. The average Bonchev–Trinajstić information content (AvgIpc) is 2.75. The zero-order chi connectivity index (χ0) is 9.97. The number of rotatable bonds is 2. The van der Waals surface area contributed by atoms with E-state index >= 15 is 0 Å². The van der Waals surface area contributed by atoms with Gasteiger partial charge in [-0.1, -0.05) is 0 Å². The summed E-state index contributed by atoms with van der Waals surface area (Å²) in [5.74, 6) is 0.229. The molecule has 0 unspecified atom stereocenters. The lowest BCUT2D eigenvalue weighted by Gasteiger charge is -2.13. The first-order valence-corrected chi connectivity index (χ1v) is 5.82. The molecule has 0 aliphatic carbocycles. The Morgan fingerprint density at radius 2 is 2.29 bits per heavy atom. The lowest BCUT2D eigenvalue weighted by Crippen LogP contribution is -2.29. The largest absolute Gasteiger partial charge is 0.342 e. The molecule has 0 N–H and O–H groups in total. The maximum atomic E-state index is 11.7. The van der Waals surface area contributed by atoms with Gasteiger partial charge in [-0.2, -0.15) is 0 Å². The van der Waals surface area contributed by atoms with Gasteiger partial charge < -0.3 is 4.90 Å². The third-order valence-corrected chi connectivity index (χ3v) is 3.28. The van der Waals surface area contributed by atoms with Crippen molar-refractivity contribution in [2.24, 2.45) is 0 Å². The van der Waals surface area contributed by atoms with E-state index in [0.29, 0.717) is 6.42 Å². The van der Waals surface area contributed by atoms with Crippen LogP contribution < -0.4 is 0 Å². The molecule has 1 fully saturated rings. The number of hydrogen-bond donors (Lipinski definition) is 0. The Bertz CT molecular complexity index is 329. The Kier molecular flexibility index (Phi) is 2.82. The minimum Gasteiger partial charge on any atom is -0.342 e. The quantitative estimate of drug-likeness (QED) is 0.743. The Balaban J connectivity index is 1.93. The molecule has 76 valence electrons. The summed E-state index contributed by atoms with van der Waals surface area (Å²) in [7, 11) is 0. The number of hydrogen-bond acceptors (Lipinski definition) is 3. The Hall–Kier alpha value is -0.900. The van der Waals surface area contributed by atoms with Crippen LogP contribution in [0.4, 0.5) is 0 Å². The number of carbonyl (C=O) groups excluding carboxylic acids is 1. The fourth-order valence-corrected chi connectivity index (χ4v) is 2.34. The van der Waals surface area contributed by atoms with E-state index in [9.17, 15) is 4.79 Å². The van der Waals surface area contributed by atoms with Crippen LogP contribution in [-0.2, 0) is 11.2 Å². The molecule has 1 aromatic heterocycles. The molecule has 1 amide bonds. The molecule has 1 aromatic rings. The smallest absolute Gasteiger partial charge is 0.228 e. The molecule has 3 nitrogen and oxygen atoms in total. The highest BCUT2D eigenvalue weighted by molar-refractivity contribution is 7.09. The van der Waals surface area contributed by atoms with E-state index in [1.165, 1.54) is 0 Å². The van der Waals surface area contributed by atoms with Crippen molar-refractivity contribution in [2.45, 2.75) is 26.2 Å². The summed E-state index contributed by atoms with van der Waals surface area (Å²) >= 11 is 1.61. The van der Waals surface area contributed by atoms with Gasteiger partial charge in [0.1, 0.15) is 0 Å². The third kappa shape index (κ3) is 2.12. The van der Waals surface area contributed by atoms with Crippen LogP contribution in [0, 0.1) is 6.92 Å². The molecule has 0 aromatic carbocycles. The third-order valence-electron chi connectivity index (χ3n) is 2.46. The van der Waals surface area contributed by atoms with Gasteiger partial charge in [-0.25, -0.2) is 4.98 Å². The summed E-state index contributed by atoms with van der Waals surface area (Å²) in [6.07, 6.45) is 2.79. The minimum atomic E-state index is 0.229. The normalized spacial score (nSPS) is 16.2. The summed E-state index contributed by atoms with van der Waals surface area (Å²) < 4.78 is 0. The van der Waals surface area contributed by atoms with Gasteiger partial charge in [0, 0.05) is 18.5 Å². The zero-order valence-corrected chi connectivity index (χ0v) is 9.14. The molecule has 1 aliphatic heterocycles. The average molecular weight is 210 g/mol. The predicted molar refractivity (Wildman–Crippen MR) is 56.4 cm³/mol. The molecule has 4 heteroatoms. The van der Waals surface area contributed by atoms with Gasteiger partial charge in [-0.15, -0.1) is 11.3 Å². The highest BCUT2D eigenvalue weighted by atomic mass is 32.1. The van der Waals surface area contributed by atoms with Gasteiger partial charge in [-0.3, -0.25) is 4.79 Å². The molecule has 1 aliphatic rings. The second kappa shape index (κ2) is 4.09. The van der Waals surface area contributed by atoms with Crippen LogP contribution in [0.3, 0.4) is 0 Å². The van der Waals surface area contributed by atoms with E-state index in [1.54, 1.807) is 11.3 Å². The van der Waals surface area contributed by atoms with Crippen molar-refractivity contribution in [3.05, 3.63) is 16.1 Å². The second-order valence-electron chi connectivity index (χ2n) is 3.62. The number of thiazole rings is 1. The van der Waals surface area contributed by atoms with Gasteiger partial charge in [0.15, 0.2) is 0 Å². The number of nitrogens with zero attached hydrogens (tertiary/aromatic N) is 2. The summed E-state index contributed by atoms with van der Waals surface area (Å²) in [6.45, 7) is 3.83. The van der Waals surface area contributed by atoms with Crippen LogP contribution in [0.5, 0.6) is 0 Å². The monoisotopic (exact) mass is 210 g/mol. The maximum absolute atomic E-state index is 11.7. The Labute approximate surface area is 87.8 Å². The van der Waals surface area contributed by atoms with Gasteiger partial charge in [0.05, 0.1) is 17.1 Å². The van der Waals surface area contributed by atoms with Crippen molar-refractivity contribution in [3.8, 4) is 0 Å². The van der Waals surface area contributed by atoms with Crippen molar-refractivity contribution in [2.75, 3.05) is 13.1 Å². The topological polar surface area (TPSA) is 33.2 Å². The van der Waals surface area contributed by atoms with Crippen LogP contribution in [0.25, 0.3) is 0 Å². The van der Waals surface area contributed by atoms with Crippen LogP contribution in [0.2, 0.25) is 0 Å². The van der Waals surface area contributed by atoms with Gasteiger partial charge >= 0.3 is 0 Å². The van der Waals surface area contributed by atoms with Crippen molar-refractivity contribution in [3.63, 3.8) is 0 Å². The number of carbonyl (C=O) groups is 1. The van der Waals surface area contributed by atoms with E-state index in [1.807, 2.05) is 17.2 Å². The molecule has 0 atom stereocenters. The summed E-state index contributed by atoms with van der Waals surface area (Å²) in [4.78, 5) is 17.9. The number of aryl methyl sites for hydroxylation is 1. The van der Waals surface area contributed by atoms with Crippen molar-refractivity contribution in [1.29, 1.82) is 0 Å². The van der Waals surface area contributed by atoms with Crippen molar-refractivity contribution >= 4 is 17.2 Å². The molecule has 2 heterocycles. The highest BCUT2D eigenvalue weighted by Crippen LogP contribution is 2.12. The Morgan fingerprint density at radius 1 is 1.57 bits per heavy atom. The van der Waals surface area contributed by atoms with Crippen LogP contribution in [0.15, 0.2) is 5.38 Å². The molecule has 2 rings (SSSR count). The highest BCUT2D eigenvalue weighted by Gasteiger charge is 2.18. The van der Waals surface area contributed by atoms with Gasteiger partial charge in [0.25, 0.3) is 0 Å². The molecular formula is C10H14N2OS. The van der Waals surface area contributed by atoms with E-state index in [4.69, 9.17) is 0 Å². The lowest BCUT2D eigenvalue weighted by atomic mass is 10.3. The Morgan fingerprint density at radius 3 is 2.86 bits per heavy atom. The second-order valence-corrected chi connectivity index (χ2v) is 4.68. The predicted octanol–water partition coefficient (Wildman–Crippen LogP) is 1.62. The molecular weight excluding hydrogens is 196 g/mol. The first kappa shape index (κ1) is 9.65. The van der Waals surface area contributed by atoms with Gasteiger partial charge in [0.2, 0.25) is 5.91 Å². The zero-order valence-electron chi connectivity index (χ0n) is 8.32. The fraction of sp³-hybridized carbons (Fsp3) is 0.600. The van der Waals surface area contributed by atoms with Crippen LogP contribution >= 0.6 is 11.3 Å². The van der Waals surface area contributed by atoms with Crippen molar-refractivity contribution in [1.82, 2.24) is 9.88 Å². The van der Waals surface area contributed by atoms with E-state index in [2.05, 4.69) is 4.98 Å². The number of likely N-dealkylation sites (tertiary alicyclic amines) is 1. The summed E-state index contributed by atoms with van der Waals surface area (Å²) in [5.41, 5.74) is 0.921. The lowest BCUT2D eigenvalue weighted by molar-refractivity contribution is -0.129. The SMILES string of the molecule is Cc1nc(CC(=O)N2CCCC2)cs1. The van der Waals surface area contributed by atoms with Crippen molar-refractivity contribution < 1.29 is 4.79 Å². The fourth-order valence-electron chi connectivity index (χ4n) is 1.72. The first-order valence-electron chi connectivity index (χ1n) is 4.94. The van der Waals surface area contributed by atoms with E-state index in [-0.39, 0.29) is 5.91 Å². The minimum absolute atomic E-state index is 0.229. The standard InChI is InChI=1S/C10H14N2OS/c1-8-11-9(7-14-8)6-10(13)12-4-2-3-5-12/h7H,2-6H2,1H3. The van der Waals surface area contributed by atoms with Crippen LogP contribution in [-0.4, -0.2) is 28.9 Å².